The van der Waals surface area contributed by atoms with Crippen molar-refractivity contribution in [1.29, 1.82) is 0 Å². The molecule has 0 saturated heterocycles. The molecule has 0 aromatic heterocycles. The molecule has 1 rings (SSSR count). The second-order valence-electron chi connectivity index (χ2n) is 2.01. The number of nitrogens with one attached hydrogen (secondary N) is 1. The summed E-state index contributed by atoms with van der Waals surface area (Å²) in [6, 6.07) is 8.35. The molecular formula is C8H7NOY-2. The van der Waals surface area contributed by atoms with Gasteiger partial charge >= 0.3 is 0 Å². The van der Waals surface area contributed by atoms with Crippen molar-refractivity contribution >= 4 is 12.1 Å². The molecule has 1 aromatic rings. The van der Waals surface area contributed by atoms with Crippen LogP contribution in [0.4, 0.5) is 5.69 Å². The maximum Gasteiger partial charge on any atom is 0.0677 e. The number of carbonyl (C=O) groups excluding carboxylic acids is 1. The number of anilines is 1. The zero-order valence-electron chi connectivity index (χ0n) is 6.22. The molecule has 1 amide bonds. The van der Waals surface area contributed by atoms with Gasteiger partial charge in [-0.1, -0.05) is 6.92 Å². The van der Waals surface area contributed by atoms with Gasteiger partial charge in [-0.15, -0.1) is 0 Å². The first-order valence-electron chi connectivity index (χ1n) is 2.94. The smallest absolute Gasteiger partial charge is 0.0677 e. The van der Waals surface area contributed by atoms with Crippen LogP contribution in [-0.4, -0.2) is 6.41 Å². The Labute approximate surface area is 91.3 Å². The number of hydrogen-bond acceptors (Lipinski definition) is 1. The summed E-state index contributed by atoms with van der Waals surface area (Å²) >= 11 is 0. The molecule has 0 aliphatic carbocycles. The normalized spacial score (nSPS) is 8.09. The van der Waals surface area contributed by atoms with Crippen LogP contribution in [0.1, 0.15) is 5.56 Å². The van der Waals surface area contributed by atoms with Gasteiger partial charge in [-0.05, 0) is 0 Å². The zero-order chi connectivity index (χ0) is 7.40. The van der Waals surface area contributed by atoms with Crippen molar-refractivity contribution in [1.82, 2.24) is 0 Å². The van der Waals surface area contributed by atoms with Gasteiger partial charge in [-0.3, -0.25) is 6.07 Å². The van der Waals surface area contributed by atoms with E-state index in [1.165, 1.54) is 0 Å². The first kappa shape index (κ1) is 10.8. The molecule has 0 aliphatic heterocycles. The van der Waals surface area contributed by atoms with Gasteiger partial charge in [0.15, 0.2) is 0 Å². The van der Waals surface area contributed by atoms with Crippen molar-refractivity contribution in [2.75, 3.05) is 5.32 Å². The molecule has 0 spiro atoms. The minimum Gasteiger partial charge on any atom is -0.511 e. The molecule has 1 N–H and O–H groups in total. The summed E-state index contributed by atoms with van der Waals surface area (Å²) in [5, 5.41) is 2.37. The van der Waals surface area contributed by atoms with Crippen LogP contribution in [0.3, 0.4) is 0 Å². The van der Waals surface area contributed by atoms with Gasteiger partial charge in [-0.25, -0.2) is 11.8 Å². The topological polar surface area (TPSA) is 29.1 Å². The standard InChI is InChI=1S/C8H7NO.Y/c1-7-2-4-8(5-3-7)9-6-10;/h2-4H,1H3,(H,9,10);/q-2;. The van der Waals surface area contributed by atoms with E-state index < -0.39 is 0 Å². The van der Waals surface area contributed by atoms with Crippen LogP contribution in [0.5, 0.6) is 0 Å². The van der Waals surface area contributed by atoms with Gasteiger partial charge < -0.3 is 10.1 Å². The molecule has 2 nitrogen and oxygen atoms in total. The summed E-state index contributed by atoms with van der Waals surface area (Å²) in [5.41, 5.74) is 1.78. The summed E-state index contributed by atoms with van der Waals surface area (Å²) in [6.07, 6.45) is 1.57. The van der Waals surface area contributed by atoms with E-state index in [2.05, 4.69) is 11.4 Å². The maximum absolute atomic E-state index is 9.80. The number of hydrogen-bond donors (Lipinski definition) is 1. The molecule has 1 radical (unpaired) electrons. The molecule has 0 aliphatic rings. The number of amides is 1. The summed E-state index contributed by atoms with van der Waals surface area (Å²) in [7, 11) is 0. The van der Waals surface area contributed by atoms with Crippen molar-refractivity contribution in [2.45, 2.75) is 6.92 Å². The molecule has 0 unspecified atom stereocenters. The SMILES string of the molecule is Cc1c[c-]c(N[C-]=O)cc1.[Y]. The first-order chi connectivity index (χ1) is 4.83. The number of rotatable bonds is 2. The van der Waals surface area contributed by atoms with Gasteiger partial charge in [0.2, 0.25) is 0 Å². The summed E-state index contributed by atoms with van der Waals surface area (Å²) in [6.45, 7) is 1.96. The van der Waals surface area contributed by atoms with Crippen molar-refractivity contribution < 1.29 is 37.5 Å². The van der Waals surface area contributed by atoms with Crippen molar-refractivity contribution in [3.05, 3.63) is 29.8 Å². The average molecular weight is 222 g/mol. The number of aryl methyl sites for hydroxylation is 1. The molecule has 0 bridgehead atoms. The Morgan fingerprint density at radius 2 is 2.27 bits per heavy atom. The fourth-order valence-corrected chi connectivity index (χ4v) is 0.635. The van der Waals surface area contributed by atoms with Crippen LogP contribution in [0, 0.1) is 13.0 Å². The van der Waals surface area contributed by atoms with Crippen LogP contribution in [0.25, 0.3) is 0 Å². The average Bonchev–Trinajstić information content (AvgIpc) is 1.95. The fourth-order valence-electron chi connectivity index (χ4n) is 0.635. The number of benzene rings is 1. The Hall–Kier alpha value is -0.206. The van der Waals surface area contributed by atoms with Crippen LogP contribution in [0.2, 0.25) is 0 Å². The van der Waals surface area contributed by atoms with E-state index in [9.17, 15) is 4.79 Å². The maximum atomic E-state index is 9.80. The van der Waals surface area contributed by atoms with Crippen molar-refractivity contribution in [3.63, 3.8) is 0 Å². The van der Waals surface area contributed by atoms with E-state index >= 15 is 0 Å². The van der Waals surface area contributed by atoms with E-state index in [-0.39, 0.29) is 32.7 Å². The minimum atomic E-state index is 0. The predicted molar refractivity (Wildman–Crippen MR) is 39.3 cm³/mol. The summed E-state index contributed by atoms with van der Waals surface area (Å²) in [5.74, 6) is 0. The van der Waals surface area contributed by atoms with Crippen LogP contribution in [-0.2, 0) is 37.5 Å². The monoisotopic (exact) mass is 222 g/mol. The fraction of sp³-hybridized carbons (Fsp3) is 0.125. The molecule has 0 atom stereocenters. The Balaban J connectivity index is 0.000001000. The van der Waals surface area contributed by atoms with Crippen LogP contribution < -0.4 is 5.32 Å². The molecule has 3 heteroatoms. The molecule has 0 saturated carbocycles. The van der Waals surface area contributed by atoms with E-state index in [1.54, 1.807) is 18.5 Å². The van der Waals surface area contributed by atoms with Crippen molar-refractivity contribution in [3.8, 4) is 0 Å². The quantitative estimate of drug-likeness (QED) is 0.592. The molecule has 1 aromatic carbocycles. The Morgan fingerprint density at radius 3 is 2.73 bits per heavy atom. The van der Waals surface area contributed by atoms with Crippen molar-refractivity contribution in [2.24, 2.45) is 0 Å². The Bertz CT molecular complexity index is 220. The van der Waals surface area contributed by atoms with E-state index in [0.717, 1.165) is 5.56 Å². The largest absolute Gasteiger partial charge is 0.511 e. The third kappa shape index (κ3) is 3.63. The Kier molecular flexibility index (Phi) is 5.34. The van der Waals surface area contributed by atoms with E-state index in [0.29, 0.717) is 5.69 Å². The molecule has 55 valence electrons. The van der Waals surface area contributed by atoms with Gasteiger partial charge in [0, 0.05) is 32.7 Å². The minimum absolute atomic E-state index is 0. The Morgan fingerprint density at radius 1 is 1.55 bits per heavy atom. The second kappa shape index (κ2) is 5.45. The van der Waals surface area contributed by atoms with E-state index in [4.69, 9.17) is 0 Å². The summed E-state index contributed by atoms with van der Waals surface area (Å²) < 4.78 is 0. The third-order valence-electron chi connectivity index (χ3n) is 1.15. The molecule has 0 fully saturated rings. The molecule has 0 heterocycles. The van der Waals surface area contributed by atoms with Gasteiger partial charge in [0.05, 0.1) is 6.41 Å². The van der Waals surface area contributed by atoms with Crippen LogP contribution >= 0.6 is 0 Å². The zero-order valence-corrected chi connectivity index (χ0v) is 9.06. The summed E-state index contributed by atoms with van der Waals surface area (Å²) in [4.78, 5) is 9.80. The van der Waals surface area contributed by atoms with Crippen LogP contribution in [0.15, 0.2) is 18.2 Å². The predicted octanol–water partition coefficient (Wildman–Crippen LogP) is 1.27. The van der Waals surface area contributed by atoms with E-state index in [1.807, 2.05) is 13.0 Å². The first-order valence-corrected chi connectivity index (χ1v) is 2.94. The van der Waals surface area contributed by atoms with Gasteiger partial charge in [0.1, 0.15) is 0 Å². The second-order valence-corrected chi connectivity index (χ2v) is 2.01. The van der Waals surface area contributed by atoms with Gasteiger partial charge in [-0.2, -0.15) is 17.7 Å². The molecule has 11 heavy (non-hydrogen) atoms. The third-order valence-corrected chi connectivity index (χ3v) is 1.15. The van der Waals surface area contributed by atoms with Gasteiger partial charge in [0.25, 0.3) is 0 Å². The molecular weight excluding hydrogens is 215 g/mol.